The van der Waals surface area contributed by atoms with E-state index in [0.717, 1.165) is 26.1 Å². The lowest BCUT2D eigenvalue weighted by Crippen LogP contribution is -2.37. The second kappa shape index (κ2) is 6.77. The molecule has 0 saturated heterocycles. The maximum atomic E-state index is 6.46. The van der Waals surface area contributed by atoms with Crippen LogP contribution in [0.15, 0.2) is 30.3 Å². The molecule has 0 amide bonds. The Morgan fingerprint density at radius 3 is 2.41 bits per heavy atom. The van der Waals surface area contributed by atoms with Crippen molar-refractivity contribution in [3.05, 3.63) is 35.9 Å². The number of benzene rings is 1. The third kappa shape index (κ3) is 4.49. The average Bonchev–Trinajstić information content (AvgIpc) is 2.35. The lowest BCUT2D eigenvalue weighted by atomic mass is 9.85. The largest absolute Gasteiger partial charge is 0.381 e. The zero-order chi connectivity index (χ0) is 12.7. The summed E-state index contributed by atoms with van der Waals surface area (Å²) in [6, 6.07) is 10.3. The van der Waals surface area contributed by atoms with E-state index < -0.39 is 0 Å². The van der Waals surface area contributed by atoms with Crippen LogP contribution in [0.2, 0.25) is 0 Å². The molecule has 2 nitrogen and oxygen atoms in total. The Kier molecular flexibility index (Phi) is 5.66. The minimum absolute atomic E-state index is 0.252. The first-order chi connectivity index (χ1) is 8.08. The van der Waals surface area contributed by atoms with Gasteiger partial charge in [-0.2, -0.15) is 0 Å². The van der Waals surface area contributed by atoms with E-state index in [4.69, 9.17) is 10.5 Å². The van der Waals surface area contributed by atoms with Crippen molar-refractivity contribution in [3.63, 3.8) is 0 Å². The van der Waals surface area contributed by atoms with Crippen LogP contribution in [0.1, 0.15) is 39.2 Å². The summed E-state index contributed by atoms with van der Waals surface area (Å²) in [7, 11) is 0. The van der Waals surface area contributed by atoms with Gasteiger partial charge in [0.05, 0.1) is 0 Å². The van der Waals surface area contributed by atoms with Gasteiger partial charge in [0.15, 0.2) is 0 Å². The normalized spacial score (nSPS) is 14.9. The van der Waals surface area contributed by atoms with Gasteiger partial charge < -0.3 is 10.5 Å². The van der Waals surface area contributed by atoms with Crippen molar-refractivity contribution in [2.75, 3.05) is 13.2 Å². The van der Waals surface area contributed by atoms with Crippen LogP contribution < -0.4 is 5.73 Å². The molecule has 96 valence electrons. The maximum absolute atomic E-state index is 6.46. The van der Waals surface area contributed by atoms with Crippen molar-refractivity contribution in [1.82, 2.24) is 0 Å². The number of hydrogen-bond acceptors (Lipinski definition) is 2. The molecule has 0 fully saturated rings. The Hall–Kier alpha value is -0.860. The molecule has 1 rings (SSSR count). The smallest absolute Gasteiger partial charge is 0.0489 e. The SMILES string of the molecule is CCC(N)(CCOCC(C)C)c1ccccc1. The first kappa shape index (κ1) is 14.2. The number of ether oxygens (including phenoxy) is 1. The highest BCUT2D eigenvalue weighted by molar-refractivity contribution is 5.23. The molecule has 0 spiro atoms. The Labute approximate surface area is 105 Å². The average molecular weight is 235 g/mol. The first-order valence-corrected chi connectivity index (χ1v) is 6.50. The van der Waals surface area contributed by atoms with Gasteiger partial charge >= 0.3 is 0 Å². The monoisotopic (exact) mass is 235 g/mol. The van der Waals surface area contributed by atoms with Crippen LogP contribution in [0.3, 0.4) is 0 Å². The Morgan fingerprint density at radius 2 is 1.88 bits per heavy atom. The minimum atomic E-state index is -0.252. The van der Waals surface area contributed by atoms with Gasteiger partial charge in [0.25, 0.3) is 0 Å². The van der Waals surface area contributed by atoms with Crippen LogP contribution in [0.25, 0.3) is 0 Å². The second-order valence-corrected chi connectivity index (χ2v) is 5.09. The topological polar surface area (TPSA) is 35.2 Å². The molecule has 0 radical (unpaired) electrons. The lowest BCUT2D eigenvalue weighted by Gasteiger charge is -2.29. The Bertz CT molecular complexity index is 310. The fraction of sp³-hybridized carbons (Fsp3) is 0.600. The lowest BCUT2D eigenvalue weighted by molar-refractivity contribution is 0.0920. The molecule has 2 N–H and O–H groups in total. The molecule has 1 aromatic rings. The molecule has 0 aliphatic heterocycles. The molecule has 0 saturated carbocycles. The molecule has 17 heavy (non-hydrogen) atoms. The van der Waals surface area contributed by atoms with Crippen LogP contribution in [-0.2, 0) is 10.3 Å². The van der Waals surface area contributed by atoms with Gasteiger partial charge in [0, 0.05) is 18.8 Å². The molecule has 0 aliphatic carbocycles. The molecular formula is C15H25NO. The molecule has 1 unspecified atom stereocenters. The fourth-order valence-electron chi connectivity index (χ4n) is 1.87. The van der Waals surface area contributed by atoms with E-state index in [1.165, 1.54) is 5.56 Å². The van der Waals surface area contributed by atoms with E-state index in [1.807, 2.05) is 18.2 Å². The molecule has 1 aromatic carbocycles. The van der Waals surface area contributed by atoms with Crippen molar-refractivity contribution in [3.8, 4) is 0 Å². The first-order valence-electron chi connectivity index (χ1n) is 6.50. The number of nitrogens with two attached hydrogens (primary N) is 1. The van der Waals surface area contributed by atoms with E-state index >= 15 is 0 Å². The predicted molar refractivity (Wildman–Crippen MR) is 72.9 cm³/mol. The van der Waals surface area contributed by atoms with Gasteiger partial charge in [0.1, 0.15) is 0 Å². The molecule has 0 heterocycles. The van der Waals surface area contributed by atoms with E-state index in [-0.39, 0.29) is 5.54 Å². The highest BCUT2D eigenvalue weighted by atomic mass is 16.5. The van der Waals surface area contributed by atoms with Crippen molar-refractivity contribution in [1.29, 1.82) is 0 Å². The van der Waals surface area contributed by atoms with Crippen molar-refractivity contribution >= 4 is 0 Å². The van der Waals surface area contributed by atoms with Gasteiger partial charge in [-0.05, 0) is 24.3 Å². The zero-order valence-corrected chi connectivity index (χ0v) is 11.3. The third-order valence-electron chi connectivity index (χ3n) is 3.12. The van der Waals surface area contributed by atoms with Gasteiger partial charge in [-0.1, -0.05) is 51.1 Å². The summed E-state index contributed by atoms with van der Waals surface area (Å²) in [5.41, 5.74) is 7.41. The third-order valence-corrected chi connectivity index (χ3v) is 3.12. The molecular weight excluding hydrogens is 210 g/mol. The highest BCUT2D eigenvalue weighted by Gasteiger charge is 2.24. The second-order valence-electron chi connectivity index (χ2n) is 5.09. The summed E-state index contributed by atoms with van der Waals surface area (Å²) in [6.07, 6.45) is 1.81. The number of rotatable bonds is 7. The van der Waals surface area contributed by atoms with Crippen molar-refractivity contribution in [2.45, 2.75) is 39.2 Å². The zero-order valence-electron chi connectivity index (χ0n) is 11.3. The van der Waals surface area contributed by atoms with Crippen molar-refractivity contribution in [2.24, 2.45) is 11.7 Å². The molecule has 1 atom stereocenters. The molecule has 0 aromatic heterocycles. The van der Waals surface area contributed by atoms with Gasteiger partial charge in [0.2, 0.25) is 0 Å². The Balaban J connectivity index is 2.52. The van der Waals surface area contributed by atoms with E-state index in [2.05, 4.69) is 32.9 Å². The Morgan fingerprint density at radius 1 is 1.24 bits per heavy atom. The minimum Gasteiger partial charge on any atom is -0.381 e. The quantitative estimate of drug-likeness (QED) is 0.736. The standard InChI is InChI=1S/C15H25NO/c1-4-15(16,10-11-17-12-13(2)3)14-8-6-5-7-9-14/h5-9,13H,4,10-12,16H2,1-3H3. The highest BCUT2D eigenvalue weighted by Crippen LogP contribution is 2.25. The van der Waals surface area contributed by atoms with Crippen LogP contribution in [0.5, 0.6) is 0 Å². The van der Waals surface area contributed by atoms with Gasteiger partial charge in [-0.25, -0.2) is 0 Å². The maximum Gasteiger partial charge on any atom is 0.0489 e. The molecule has 2 heteroatoms. The summed E-state index contributed by atoms with van der Waals surface area (Å²) in [5, 5.41) is 0. The van der Waals surface area contributed by atoms with E-state index in [9.17, 15) is 0 Å². The summed E-state index contributed by atoms with van der Waals surface area (Å²) >= 11 is 0. The van der Waals surface area contributed by atoms with Crippen LogP contribution in [0.4, 0.5) is 0 Å². The van der Waals surface area contributed by atoms with E-state index in [1.54, 1.807) is 0 Å². The fourth-order valence-corrected chi connectivity index (χ4v) is 1.87. The van der Waals surface area contributed by atoms with Gasteiger partial charge in [-0.15, -0.1) is 0 Å². The van der Waals surface area contributed by atoms with Gasteiger partial charge in [-0.3, -0.25) is 0 Å². The predicted octanol–water partition coefficient (Wildman–Crippen LogP) is 3.31. The summed E-state index contributed by atoms with van der Waals surface area (Å²) in [6.45, 7) is 8.00. The molecule has 0 bridgehead atoms. The van der Waals surface area contributed by atoms with Crippen molar-refractivity contribution < 1.29 is 4.74 Å². The summed E-state index contributed by atoms with van der Waals surface area (Å²) in [5.74, 6) is 0.584. The van der Waals surface area contributed by atoms with E-state index in [0.29, 0.717) is 5.92 Å². The summed E-state index contributed by atoms with van der Waals surface area (Å²) < 4.78 is 5.63. The van der Waals surface area contributed by atoms with Crippen LogP contribution in [0, 0.1) is 5.92 Å². The molecule has 0 aliphatic rings. The van der Waals surface area contributed by atoms with Crippen LogP contribution >= 0.6 is 0 Å². The van der Waals surface area contributed by atoms with Crippen LogP contribution in [-0.4, -0.2) is 13.2 Å². The number of hydrogen-bond donors (Lipinski definition) is 1. The summed E-state index contributed by atoms with van der Waals surface area (Å²) in [4.78, 5) is 0.